The maximum Gasteiger partial charge on any atom is 0.328 e. The molecular formula is C39H66N14O11S2. The van der Waals surface area contributed by atoms with E-state index in [1.807, 2.05) is 0 Å². The predicted octanol–water partition coefficient (Wildman–Crippen LogP) is -5.97. The molecule has 0 aliphatic carbocycles. The molecule has 0 unspecified atom stereocenters. The van der Waals surface area contributed by atoms with E-state index in [9.17, 15) is 53.7 Å². The molecule has 0 saturated heterocycles. The maximum absolute atomic E-state index is 14.2. The highest BCUT2D eigenvalue weighted by molar-refractivity contribution is 7.80. The zero-order chi connectivity index (χ0) is 50.1. The second kappa shape index (κ2) is 30.3. The fourth-order valence-corrected chi connectivity index (χ4v) is 6.32. The van der Waals surface area contributed by atoms with E-state index in [4.69, 9.17) is 28.7 Å². The molecule has 0 saturated carbocycles. The third kappa shape index (κ3) is 21.4. The number of thiol groups is 2. The smallest absolute Gasteiger partial charge is 0.328 e. The Labute approximate surface area is 393 Å². The number of carbonyl (C=O) groups excluding carboxylic acids is 7. The van der Waals surface area contributed by atoms with Crippen LogP contribution >= 0.6 is 25.3 Å². The lowest BCUT2D eigenvalue weighted by Gasteiger charge is -2.28. The van der Waals surface area contributed by atoms with Crippen LogP contribution in [-0.2, 0) is 44.8 Å². The SMILES string of the molecule is CC(C)[C@H](NC(=O)[C@H](CCCN=C(N)N)NC(=O)[C@H](Cc1ccccc1)NC(=O)[C@H](CS)NC(=O)[C@H](CCCN=C(N)N)NC(=O)[C@@H](N)[C@@H](C)O)C(=O)N[C@@H](CS)C(=O)N[C@@H](CO)C(=O)O. The third-order valence-electron chi connectivity index (χ3n) is 9.57. The van der Waals surface area contributed by atoms with Crippen LogP contribution in [0.3, 0.4) is 0 Å². The van der Waals surface area contributed by atoms with Crippen molar-refractivity contribution in [1.29, 1.82) is 0 Å². The number of amides is 7. The van der Waals surface area contributed by atoms with Crippen LogP contribution in [0.5, 0.6) is 0 Å². The van der Waals surface area contributed by atoms with Crippen molar-refractivity contribution in [3.8, 4) is 0 Å². The number of aliphatic carboxylic acids is 1. The van der Waals surface area contributed by atoms with Gasteiger partial charge in [-0.25, -0.2) is 4.79 Å². The molecule has 0 fully saturated rings. The molecule has 0 radical (unpaired) electrons. The molecule has 1 aromatic carbocycles. The molecular weight excluding hydrogens is 905 g/mol. The van der Waals surface area contributed by atoms with E-state index in [-0.39, 0.29) is 68.6 Å². The highest BCUT2D eigenvalue weighted by atomic mass is 32.1. The number of rotatable bonds is 30. The summed E-state index contributed by atoms with van der Waals surface area (Å²) in [5, 5.41) is 45.7. The Morgan fingerprint density at radius 2 is 0.985 bits per heavy atom. The van der Waals surface area contributed by atoms with Gasteiger partial charge in [0.1, 0.15) is 48.3 Å². The van der Waals surface area contributed by atoms with Crippen molar-refractivity contribution in [2.24, 2.45) is 44.6 Å². The Bertz CT molecular complexity index is 1840. The Kier molecular flexibility index (Phi) is 26.7. The molecule has 370 valence electrons. The summed E-state index contributed by atoms with van der Waals surface area (Å²) in [6, 6.07) is -2.68. The van der Waals surface area contributed by atoms with Gasteiger partial charge >= 0.3 is 5.97 Å². The van der Waals surface area contributed by atoms with Crippen LogP contribution in [0.1, 0.15) is 52.0 Å². The van der Waals surface area contributed by atoms with E-state index in [1.54, 1.807) is 44.2 Å². The predicted molar refractivity (Wildman–Crippen MR) is 250 cm³/mol. The first-order valence-corrected chi connectivity index (χ1v) is 22.1. The number of aliphatic hydroxyl groups excluding tert-OH is 2. The molecule has 0 aromatic heterocycles. The number of nitrogens with two attached hydrogens (primary N) is 5. The number of carboxylic acid groups (broad SMARTS) is 1. The minimum atomic E-state index is -1.66. The molecule has 25 nitrogen and oxygen atoms in total. The first-order valence-electron chi connectivity index (χ1n) is 20.8. The summed E-state index contributed by atoms with van der Waals surface area (Å²) in [6.07, 6.45) is -1.13. The Hall–Kier alpha value is -5.90. The number of benzene rings is 1. The maximum atomic E-state index is 14.2. The summed E-state index contributed by atoms with van der Waals surface area (Å²) in [5.41, 5.74) is 28.1. The van der Waals surface area contributed by atoms with Crippen molar-refractivity contribution in [2.75, 3.05) is 31.2 Å². The summed E-state index contributed by atoms with van der Waals surface area (Å²) >= 11 is 8.33. The molecule has 0 heterocycles. The Morgan fingerprint density at radius 1 is 0.591 bits per heavy atom. The Morgan fingerprint density at radius 3 is 1.41 bits per heavy atom. The minimum absolute atomic E-state index is 0.0181. The number of carboxylic acids is 1. The van der Waals surface area contributed by atoms with E-state index < -0.39 is 114 Å². The number of guanidine groups is 2. The van der Waals surface area contributed by atoms with Gasteiger partial charge in [0.25, 0.3) is 0 Å². The van der Waals surface area contributed by atoms with Gasteiger partial charge in [-0.2, -0.15) is 25.3 Å². The van der Waals surface area contributed by atoms with Gasteiger partial charge in [0.2, 0.25) is 41.4 Å². The number of aliphatic hydroxyl groups is 2. The molecule has 66 heavy (non-hydrogen) atoms. The number of hydrogen-bond donors (Lipinski definition) is 17. The van der Waals surface area contributed by atoms with Gasteiger partial charge in [0.15, 0.2) is 11.9 Å². The van der Waals surface area contributed by atoms with Crippen molar-refractivity contribution < 1.29 is 53.7 Å². The average Bonchev–Trinajstić information content (AvgIpc) is 3.26. The van der Waals surface area contributed by atoms with Gasteiger partial charge in [-0.1, -0.05) is 44.2 Å². The van der Waals surface area contributed by atoms with Crippen LogP contribution in [0.25, 0.3) is 0 Å². The summed E-state index contributed by atoms with van der Waals surface area (Å²) in [5.74, 6) is -9.22. The van der Waals surface area contributed by atoms with Crippen molar-refractivity contribution in [3.05, 3.63) is 35.9 Å². The van der Waals surface area contributed by atoms with Gasteiger partial charge in [-0.3, -0.25) is 43.5 Å². The topological polar surface area (TPSA) is 436 Å². The first-order chi connectivity index (χ1) is 31.1. The van der Waals surface area contributed by atoms with Crippen LogP contribution < -0.4 is 65.9 Å². The van der Waals surface area contributed by atoms with Crippen molar-refractivity contribution in [2.45, 2.75) is 107 Å². The second-order valence-corrected chi connectivity index (χ2v) is 16.1. The normalized spacial score (nSPS) is 15.0. The van der Waals surface area contributed by atoms with Crippen LogP contribution in [0.15, 0.2) is 40.3 Å². The monoisotopic (exact) mass is 970 g/mol. The largest absolute Gasteiger partial charge is 0.480 e. The number of nitrogens with one attached hydrogen (secondary N) is 7. The molecule has 9 atom stereocenters. The molecule has 7 amide bonds. The molecule has 0 spiro atoms. The fraction of sp³-hybridized carbons (Fsp3) is 0.590. The summed E-state index contributed by atoms with van der Waals surface area (Å²) < 4.78 is 0. The van der Waals surface area contributed by atoms with Crippen LogP contribution in [0.4, 0.5) is 0 Å². The van der Waals surface area contributed by atoms with Crippen molar-refractivity contribution in [1.82, 2.24) is 37.2 Å². The van der Waals surface area contributed by atoms with E-state index in [0.29, 0.717) is 5.56 Å². The lowest BCUT2D eigenvalue weighted by Crippen LogP contribution is -2.61. The summed E-state index contributed by atoms with van der Waals surface area (Å²) in [6.45, 7) is 3.67. The van der Waals surface area contributed by atoms with Gasteiger partial charge in [-0.05, 0) is 44.1 Å². The lowest BCUT2D eigenvalue weighted by atomic mass is 10.0. The Balaban J connectivity index is 3.47. The molecule has 20 N–H and O–H groups in total. The second-order valence-electron chi connectivity index (χ2n) is 15.3. The third-order valence-corrected chi connectivity index (χ3v) is 10.3. The van der Waals surface area contributed by atoms with E-state index >= 15 is 0 Å². The quantitative estimate of drug-likeness (QED) is 0.0148. The standard InChI is InChI=1S/C39H66N14O11S2/c1-19(2)29(36(62)52-27(18-66)34(60)50-25(16-54)37(63)64)53-31(57)23(12-8-14-46-39(43)44)47-32(58)24(15-21-9-5-4-6-10-21)49-33(59)26(17-65)51-30(56)22(11-7-13-45-38(41)42)48-35(61)28(40)20(3)55/h4-6,9-10,19-20,22-29,54-55,65-66H,7-8,11-18,40H2,1-3H3,(H,47,58)(H,48,61)(H,49,59)(H,50,60)(H,51,56)(H,52,62)(H,53,57)(H,63,64)(H4,41,42,45)(H4,43,44,46)/t20-,22+,23+,24+,25+,26+,27+,28+,29+/m1/s1. The van der Waals surface area contributed by atoms with Gasteiger partial charge in [0.05, 0.1) is 12.7 Å². The zero-order valence-corrected chi connectivity index (χ0v) is 38.8. The van der Waals surface area contributed by atoms with E-state index in [2.05, 4.69) is 72.5 Å². The minimum Gasteiger partial charge on any atom is -0.480 e. The van der Waals surface area contributed by atoms with Gasteiger partial charge in [0, 0.05) is 31.0 Å². The zero-order valence-electron chi connectivity index (χ0n) is 37.0. The van der Waals surface area contributed by atoms with Crippen LogP contribution in [0.2, 0.25) is 0 Å². The number of hydrogen-bond acceptors (Lipinski definition) is 15. The molecule has 0 aliphatic heterocycles. The van der Waals surface area contributed by atoms with E-state index in [0.717, 1.165) is 0 Å². The summed E-state index contributed by atoms with van der Waals surface area (Å²) in [7, 11) is 0. The fourth-order valence-electron chi connectivity index (χ4n) is 5.80. The van der Waals surface area contributed by atoms with Gasteiger partial charge in [-0.15, -0.1) is 0 Å². The molecule has 0 aliphatic rings. The van der Waals surface area contributed by atoms with Crippen LogP contribution in [0, 0.1) is 5.92 Å². The molecule has 1 aromatic rings. The highest BCUT2D eigenvalue weighted by Gasteiger charge is 2.35. The van der Waals surface area contributed by atoms with Crippen LogP contribution in [-0.4, -0.2) is 160 Å². The number of nitrogens with zero attached hydrogens (tertiary/aromatic N) is 2. The molecule has 0 bridgehead atoms. The van der Waals surface area contributed by atoms with Crippen molar-refractivity contribution >= 4 is 84.5 Å². The molecule has 27 heteroatoms. The average molecular weight is 971 g/mol. The lowest BCUT2D eigenvalue weighted by molar-refractivity contribution is -0.143. The molecule has 1 rings (SSSR count). The first kappa shape index (κ1) is 58.1. The number of carbonyl (C=O) groups is 8. The van der Waals surface area contributed by atoms with Gasteiger partial charge < -0.3 is 81.2 Å². The summed E-state index contributed by atoms with van der Waals surface area (Å²) in [4.78, 5) is 114. The van der Waals surface area contributed by atoms with Crippen molar-refractivity contribution in [3.63, 3.8) is 0 Å². The highest BCUT2D eigenvalue weighted by Crippen LogP contribution is 2.10. The number of aliphatic imine (C=N–C) groups is 2. The van der Waals surface area contributed by atoms with E-state index in [1.165, 1.54) is 6.92 Å².